The first kappa shape index (κ1) is 19.1. The van der Waals surface area contributed by atoms with Crippen molar-refractivity contribution in [1.82, 2.24) is 9.97 Å². The molecule has 142 valence electrons. The molecule has 7 nitrogen and oxygen atoms in total. The van der Waals surface area contributed by atoms with E-state index in [1.807, 2.05) is 24.3 Å². The van der Waals surface area contributed by atoms with Gasteiger partial charge in [0.25, 0.3) is 0 Å². The molecule has 7 heteroatoms. The fraction of sp³-hybridized carbons (Fsp3) is 0.500. The number of nitrogens with zero attached hydrogens (tertiary/aromatic N) is 4. The van der Waals surface area contributed by atoms with Crippen molar-refractivity contribution >= 4 is 22.8 Å². The second-order valence-electron chi connectivity index (χ2n) is 6.84. The normalized spacial score (nSPS) is 18.1. The third-order valence-corrected chi connectivity index (χ3v) is 4.70. The van der Waals surface area contributed by atoms with Crippen molar-refractivity contribution < 1.29 is 14.3 Å². The van der Waals surface area contributed by atoms with Gasteiger partial charge in [-0.25, -0.2) is 9.97 Å². The summed E-state index contributed by atoms with van der Waals surface area (Å²) in [6.45, 7) is 4.24. The van der Waals surface area contributed by atoms with Gasteiger partial charge in [-0.3, -0.25) is 4.79 Å². The number of carbonyl (C=O) groups excluding carboxylic acids is 1. The van der Waals surface area contributed by atoms with Crippen LogP contribution in [0.3, 0.4) is 0 Å². The maximum Gasteiger partial charge on any atom is 0.329 e. The number of rotatable bonds is 6. The Morgan fingerprint density at radius 3 is 2.74 bits per heavy atom. The highest BCUT2D eigenvalue weighted by Crippen LogP contribution is 2.30. The number of methoxy groups -OCH3 is 1. The molecule has 2 atom stereocenters. The number of aromatic nitrogens is 2. The van der Waals surface area contributed by atoms with Gasteiger partial charge >= 0.3 is 5.97 Å². The Balaban J connectivity index is 2.01. The Morgan fingerprint density at radius 1 is 1.33 bits per heavy atom. The molecule has 0 saturated carbocycles. The molecule has 0 aliphatic carbocycles. The van der Waals surface area contributed by atoms with E-state index in [1.54, 1.807) is 0 Å². The molecule has 1 aromatic heterocycles. The van der Waals surface area contributed by atoms with Crippen molar-refractivity contribution in [3.63, 3.8) is 0 Å². The average Bonchev–Trinajstić information content (AvgIpc) is 2.68. The molecule has 1 aromatic carbocycles. The van der Waals surface area contributed by atoms with E-state index >= 15 is 0 Å². The first-order valence-corrected chi connectivity index (χ1v) is 9.21. The minimum absolute atomic E-state index is 0.102. The predicted octanol–water partition coefficient (Wildman–Crippen LogP) is 2.66. The number of piperidine rings is 1. The summed E-state index contributed by atoms with van der Waals surface area (Å²) in [7, 11) is 1.53. The van der Waals surface area contributed by atoms with Gasteiger partial charge in [-0.15, -0.1) is 0 Å². The van der Waals surface area contributed by atoms with Gasteiger partial charge in [0, 0.05) is 20.2 Å². The molecule has 0 unspecified atom stereocenters. The van der Waals surface area contributed by atoms with Crippen molar-refractivity contribution in [3.05, 3.63) is 30.0 Å². The summed E-state index contributed by atoms with van der Waals surface area (Å²) in [5.41, 5.74) is 1.78. The zero-order chi connectivity index (χ0) is 19.2. The van der Waals surface area contributed by atoms with Gasteiger partial charge in [0.1, 0.15) is 12.3 Å². The number of carbonyl (C=O) groups is 1. The van der Waals surface area contributed by atoms with Crippen LogP contribution in [0.1, 0.15) is 31.4 Å². The zero-order valence-corrected chi connectivity index (χ0v) is 15.7. The lowest BCUT2D eigenvalue weighted by atomic mass is 9.99. The highest BCUT2D eigenvalue weighted by Gasteiger charge is 2.31. The molecular formula is C20H24N4O3. The van der Waals surface area contributed by atoms with Crippen LogP contribution in [0.15, 0.2) is 24.3 Å². The lowest BCUT2D eigenvalue weighted by Gasteiger charge is -2.33. The number of para-hydroxylation sites is 2. The number of ether oxygens (including phenoxy) is 2. The predicted molar refractivity (Wildman–Crippen MR) is 101 cm³/mol. The van der Waals surface area contributed by atoms with Crippen LogP contribution >= 0.6 is 0 Å². The quantitative estimate of drug-likeness (QED) is 0.572. The molecule has 0 bridgehead atoms. The first-order chi connectivity index (χ1) is 13.1. The number of benzene rings is 1. The zero-order valence-electron chi connectivity index (χ0n) is 15.7. The maximum atomic E-state index is 12.5. The van der Waals surface area contributed by atoms with Crippen molar-refractivity contribution in [1.29, 1.82) is 5.26 Å². The molecule has 1 fully saturated rings. The summed E-state index contributed by atoms with van der Waals surface area (Å²) in [5.74, 6) is -0.610. The van der Waals surface area contributed by atoms with Crippen LogP contribution in [0.2, 0.25) is 0 Å². The van der Waals surface area contributed by atoms with Crippen LogP contribution in [0.5, 0.6) is 0 Å². The standard InChI is InChI=1S/C20H24N4O3/c1-14-6-5-9-24(13-14)19-18(15(12-21)20(25)27-11-10-26-2)22-16-7-3-4-8-17(16)23-19/h3-4,7-8,14-15H,5-6,9-11,13H2,1-2H3/t14-,15-/m0/s1. The van der Waals surface area contributed by atoms with Gasteiger partial charge in [-0.05, 0) is 30.9 Å². The van der Waals surface area contributed by atoms with Gasteiger partial charge < -0.3 is 14.4 Å². The summed E-state index contributed by atoms with van der Waals surface area (Å²) < 4.78 is 10.1. The lowest BCUT2D eigenvalue weighted by Crippen LogP contribution is -2.36. The van der Waals surface area contributed by atoms with Crippen LogP contribution in [-0.2, 0) is 14.3 Å². The van der Waals surface area contributed by atoms with Gasteiger partial charge in [-0.1, -0.05) is 19.1 Å². The van der Waals surface area contributed by atoms with E-state index in [0.717, 1.165) is 31.4 Å². The molecule has 3 rings (SSSR count). The second-order valence-corrected chi connectivity index (χ2v) is 6.84. The Bertz CT molecular complexity index is 849. The SMILES string of the molecule is COCCOC(=O)[C@@H](C#N)c1nc2ccccc2nc1N1CCC[C@H](C)C1. The summed E-state index contributed by atoms with van der Waals surface area (Å²) in [5, 5.41) is 9.68. The Kier molecular flexibility index (Phi) is 6.20. The van der Waals surface area contributed by atoms with Crippen LogP contribution in [0.25, 0.3) is 11.0 Å². The summed E-state index contributed by atoms with van der Waals surface area (Å²) in [6.07, 6.45) is 2.21. The van der Waals surface area contributed by atoms with E-state index in [0.29, 0.717) is 22.9 Å². The minimum Gasteiger partial charge on any atom is -0.462 e. The number of hydrogen-bond acceptors (Lipinski definition) is 7. The molecule has 0 spiro atoms. The van der Waals surface area contributed by atoms with Gasteiger partial charge in [-0.2, -0.15) is 5.26 Å². The number of hydrogen-bond donors (Lipinski definition) is 0. The molecule has 0 radical (unpaired) electrons. The summed E-state index contributed by atoms with van der Waals surface area (Å²) >= 11 is 0. The van der Waals surface area contributed by atoms with Gasteiger partial charge in [0.2, 0.25) is 0 Å². The minimum atomic E-state index is -1.12. The van der Waals surface area contributed by atoms with Gasteiger partial charge in [0.05, 0.1) is 23.7 Å². The molecule has 0 amide bonds. The Hall–Kier alpha value is -2.72. The number of esters is 1. The molecule has 1 aliphatic heterocycles. The molecule has 2 aromatic rings. The van der Waals surface area contributed by atoms with E-state index in [9.17, 15) is 10.1 Å². The van der Waals surface area contributed by atoms with E-state index in [2.05, 4.69) is 22.9 Å². The third kappa shape index (κ3) is 4.34. The molecule has 0 N–H and O–H groups in total. The molecule has 27 heavy (non-hydrogen) atoms. The van der Waals surface area contributed by atoms with E-state index < -0.39 is 11.9 Å². The van der Waals surface area contributed by atoms with E-state index in [1.165, 1.54) is 7.11 Å². The van der Waals surface area contributed by atoms with Gasteiger partial charge in [0.15, 0.2) is 11.7 Å². The molecule has 1 aliphatic rings. The van der Waals surface area contributed by atoms with E-state index in [-0.39, 0.29) is 13.2 Å². The third-order valence-electron chi connectivity index (χ3n) is 4.70. The number of fused-ring (bicyclic) bond motifs is 1. The van der Waals surface area contributed by atoms with Crippen LogP contribution in [0.4, 0.5) is 5.82 Å². The van der Waals surface area contributed by atoms with Crippen LogP contribution in [-0.4, -0.2) is 49.4 Å². The topological polar surface area (TPSA) is 88.3 Å². The Morgan fingerprint density at radius 2 is 2.07 bits per heavy atom. The largest absolute Gasteiger partial charge is 0.462 e. The highest BCUT2D eigenvalue weighted by atomic mass is 16.6. The lowest BCUT2D eigenvalue weighted by molar-refractivity contribution is -0.145. The second kappa shape index (κ2) is 8.78. The van der Waals surface area contributed by atoms with Crippen LogP contribution in [0, 0.1) is 17.2 Å². The smallest absolute Gasteiger partial charge is 0.329 e. The molecular weight excluding hydrogens is 344 g/mol. The summed E-state index contributed by atoms with van der Waals surface area (Å²) in [4.78, 5) is 24.0. The fourth-order valence-electron chi connectivity index (χ4n) is 3.35. The van der Waals surface area contributed by atoms with Crippen molar-refractivity contribution in [2.24, 2.45) is 5.92 Å². The van der Waals surface area contributed by atoms with Crippen molar-refractivity contribution in [2.45, 2.75) is 25.7 Å². The first-order valence-electron chi connectivity index (χ1n) is 9.21. The monoisotopic (exact) mass is 368 g/mol. The number of anilines is 1. The van der Waals surface area contributed by atoms with Crippen molar-refractivity contribution in [3.8, 4) is 6.07 Å². The Labute approximate surface area is 158 Å². The summed E-state index contributed by atoms with van der Waals surface area (Å²) in [6, 6.07) is 9.54. The molecule has 2 heterocycles. The highest BCUT2D eigenvalue weighted by molar-refractivity contribution is 5.85. The van der Waals surface area contributed by atoms with Crippen molar-refractivity contribution in [2.75, 3.05) is 38.3 Å². The maximum absolute atomic E-state index is 12.5. The van der Waals surface area contributed by atoms with E-state index in [4.69, 9.17) is 14.5 Å². The number of nitriles is 1. The average molecular weight is 368 g/mol. The fourth-order valence-corrected chi connectivity index (χ4v) is 3.35. The van der Waals surface area contributed by atoms with Crippen LogP contribution < -0.4 is 4.90 Å². The molecule has 1 saturated heterocycles.